The van der Waals surface area contributed by atoms with E-state index in [9.17, 15) is 19.1 Å². The van der Waals surface area contributed by atoms with E-state index in [-0.39, 0.29) is 48.0 Å². The molecule has 1 aliphatic heterocycles. The van der Waals surface area contributed by atoms with E-state index < -0.39 is 5.82 Å². The third-order valence-corrected chi connectivity index (χ3v) is 5.62. The molecule has 29 heavy (non-hydrogen) atoms. The van der Waals surface area contributed by atoms with Crippen molar-refractivity contribution in [3.8, 4) is 0 Å². The predicted octanol–water partition coefficient (Wildman–Crippen LogP) is 3.05. The van der Waals surface area contributed by atoms with Crippen molar-refractivity contribution in [3.05, 3.63) is 71.5 Å². The van der Waals surface area contributed by atoms with Crippen molar-refractivity contribution in [3.63, 3.8) is 0 Å². The van der Waals surface area contributed by atoms with Crippen LogP contribution in [0.2, 0.25) is 0 Å². The number of benzene rings is 2. The van der Waals surface area contributed by atoms with Gasteiger partial charge in [0.25, 0.3) is 5.91 Å². The molecule has 0 aromatic heterocycles. The molecule has 0 saturated carbocycles. The molecule has 6 heteroatoms. The highest BCUT2D eigenvalue weighted by atomic mass is 19.1. The van der Waals surface area contributed by atoms with Crippen molar-refractivity contribution in [2.75, 3.05) is 13.2 Å². The summed E-state index contributed by atoms with van der Waals surface area (Å²) >= 11 is 0. The van der Waals surface area contributed by atoms with Gasteiger partial charge < -0.3 is 14.9 Å². The highest BCUT2D eigenvalue weighted by molar-refractivity contribution is 5.94. The number of rotatable bonds is 6. The lowest BCUT2D eigenvalue weighted by Crippen LogP contribution is -2.68. The number of hydrogen-bond donors (Lipinski definition) is 1. The van der Waals surface area contributed by atoms with Gasteiger partial charge in [0, 0.05) is 31.0 Å². The molecule has 1 saturated heterocycles. The first-order valence-corrected chi connectivity index (χ1v) is 9.86. The van der Waals surface area contributed by atoms with Crippen LogP contribution < -0.4 is 0 Å². The van der Waals surface area contributed by atoms with Gasteiger partial charge in [-0.1, -0.05) is 36.4 Å². The van der Waals surface area contributed by atoms with Gasteiger partial charge in [0.1, 0.15) is 5.82 Å². The van der Waals surface area contributed by atoms with E-state index in [1.807, 2.05) is 44.2 Å². The summed E-state index contributed by atoms with van der Waals surface area (Å²) in [6.45, 7) is 5.44. The molecule has 0 radical (unpaired) electrons. The Morgan fingerprint density at radius 3 is 2.34 bits per heavy atom. The van der Waals surface area contributed by atoms with E-state index in [0.29, 0.717) is 6.54 Å². The van der Waals surface area contributed by atoms with Gasteiger partial charge in [-0.05, 0) is 37.6 Å². The predicted molar refractivity (Wildman–Crippen MR) is 109 cm³/mol. The Balaban J connectivity index is 1.91. The second-order valence-electron chi connectivity index (χ2n) is 7.74. The van der Waals surface area contributed by atoms with Gasteiger partial charge in [-0.3, -0.25) is 9.59 Å². The van der Waals surface area contributed by atoms with Crippen LogP contribution >= 0.6 is 0 Å². The van der Waals surface area contributed by atoms with Gasteiger partial charge in [-0.25, -0.2) is 4.39 Å². The first kappa shape index (κ1) is 21.0. The van der Waals surface area contributed by atoms with Gasteiger partial charge in [0.05, 0.1) is 18.7 Å². The summed E-state index contributed by atoms with van der Waals surface area (Å²) in [5.74, 6) is -0.951. The first-order valence-electron chi connectivity index (χ1n) is 9.86. The molecule has 1 heterocycles. The summed E-state index contributed by atoms with van der Waals surface area (Å²) in [7, 11) is 0. The van der Waals surface area contributed by atoms with Crippen LogP contribution in [-0.2, 0) is 4.79 Å². The molecule has 154 valence electrons. The molecule has 2 aromatic rings. The minimum absolute atomic E-state index is 0.0772. The largest absolute Gasteiger partial charge is 0.394 e. The molecule has 2 aromatic carbocycles. The number of aliphatic hydroxyl groups is 1. The Morgan fingerprint density at radius 2 is 1.79 bits per heavy atom. The van der Waals surface area contributed by atoms with Crippen molar-refractivity contribution >= 4 is 11.8 Å². The second kappa shape index (κ2) is 8.74. The minimum atomic E-state index is -0.462. The molecule has 1 N–H and O–H groups in total. The second-order valence-corrected chi connectivity index (χ2v) is 7.74. The molecule has 3 rings (SSSR count). The number of halogens is 1. The lowest BCUT2D eigenvalue weighted by molar-refractivity contribution is -0.149. The summed E-state index contributed by atoms with van der Waals surface area (Å²) in [6, 6.07) is 14.7. The van der Waals surface area contributed by atoms with Crippen molar-refractivity contribution in [1.82, 2.24) is 9.80 Å². The molecule has 1 aliphatic rings. The van der Waals surface area contributed by atoms with Crippen molar-refractivity contribution < 1.29 is 19.1 Å². The third kappa shape index (κ3) is 4.17. The molecule has 3 atom stereocenters. The van der Waals surface area contributed by atoms with E-state index in [0.717, 1.165) is 5.56 Å². The number of carbonyl (C=O) groups excluding carboxylic acids is 2. The summed E-state index contributed by atoms with van der Waals surface area (Å²) in [5.41, 5.74) is 1.30. The van der Waals surface area contributed by atoms with Crippen LogP contribution in [0, 0.1) is 5.82 Å². The molecular formula is C23H27FN2O3. The smallest absolute Gasteiger partial charge is 0.254 e. The lowest BCUT2D eigenvalue weighted by Gasteiger charge is -2.56. The molecule has 0 bridgehead atoms. The van der Waals surface area contributed by atoms with Gasteiger partial charge in [-0.15, -0.1) is 0 Å². The normalized spacial score (nSPS) is 21.0. The first-order chi connectivity index (χ1) is 13.8. The van der Waals surface area contributed by atoms with Gasteiger partial charge in [-0.2, -0.15) is 0 Å². The highest BCUT2D eigenvalue weighted by Crippen LogP contribution is 2.41. The number of amides is 2. The topological polar surface area (TPSA) is 60.9 Å². The van der Waals surface area contributed by atoms with Crippen LogP contribution in [0.5, 0.6) is 0 Å². The fourth-order valence-electron chi connectivity index (χ4n) is 4.25. The van der Waals surface area contributed by atoms with Gasteiger partial charge >= 0.3 is 0 Å². The molecule has 2 amide bonds. The maximum atomic E-state index is 13.6. The van der Waals surface area contributed by atoms with Crippen LogP contribution in [0.3, 0.4) is 0 Å². The lowest BCUT2D eigenvalue weighted by atomic mass is 9.74. The van der Waals surface area contributed by atoms with Crippen LogP contribution in [0.1, 0.15) is 42.6 Å². The SMILES string of the molecule is CC(=O)N1[C@H](CO)[C@H](c2ccccc2)[C@@H]1CN(C(=O)c1cccc(F)c1)C(C)C. The summed E-state index contributed by atoms with van der Waals surface area (Å²) in [4.78, 5) is 28.7. The third-order valence-electron chi connectivity index (χ3n) is 5.62. The zero-order valence-electron chi connectivity index (χ0n) is 17.0. The fourth-order valence-corrected chi connectivity index (χ4v) is 4.25. The maximum absolute atomic E-state index is 13.6. The van der Waals surface area contributed by atoms with E-state index in [1.54, 1.807) is 15.9 Å². The Labute approximate surface area is 170 Å². The van der Waals surface area contributed by atoms with E-state index in [4.69, 9.17) is 0 Å². The van der Waals surface area contributed by atoms with Gasteiger partial charge in [0.15, 0.2) is 0 Å². The Kier molecular flexibility index (Phi) is 6.33. The quantitative estimate of drug-likeness (QED) is 0.814. The van der Waals surface area contributed by atoms with E-state index in [1.165, 1.54) is 25.1 Å². The molecule has 5 nitrogen and oxygen atoms in total. The molecule has 0 aliphatic carbocycles. The number of nitrogens with zero attached hydrogens (tertiary/aromatic N) is 2. The molecule has 0 spiro atoms. The van der Waals surface area contributed by atoms with Crippen molar-refractivity contribution in [2.24, 2.45) is 0 Å². The number of likely N-dealkylation sites (tertiary alicyclic amines) is 1. The minimum Gasteiger partial charge on any atom is -0.394 e. The van der Waals surface area contributed by atoms with E-state index in [2.05, 4.69) is 0 Å². The van der Waals surface area contributed by atoms with Gasteiger partial charge in [0.2, 0.25) is 5.91 Å². The standard InChI is InChI=1S/C23H27FN2O3/c1-15(2)25(23(29)18-10-7-11-19(24)12-18)13-20-22(17-8-5-4-6-9-17)21(14-27)26(20)16(3)28/h4-12,15,20-22,27H,13-14H2,1-3H3/t20-,21+,22+/m0/s1. The Morgan fingerprint density at radius 1 is 1.10 bits per heavy atom. The summed E-state index contributed by atoms with van der Waals surface area (Å²) in [5, 5.41) is 9.90. The van der Waals surface area contributed by atoms with Crippen LogP contribution in [-0.4, -0.2) is 58.0 Å². The Bertz CT molecular complexity index is 871. The number of carbonyl (C=O) groups is 2. The average Bonchev–Trinajstić information content (AvgIpc) is 2.67. The highest BCUT2D eigenvalue weighted by Gasteiger charge is 2.51. The zero-order chi connectivity index (χ0) is 21.1. The van der Waals surface area contributed by atoms with Crippen LogP contribution in [0.4, 0.5) is 4.39 Å². The monoisotopic (exact) mass is 398 g/mol. The molecular weight excluding hydrogens is 371 g/mol. The maximum Gasteiger partial charge on any atom is 0.254 e. The summed E-state index contributed by atoms with van der Waals surface area (Å²) in [6.07, 6.45) is 0. The Hall–Kier alpha value is -2.73. The number of aliphatic hydroxyl groups excluding tert-OH is 1. The molecule has 1 fully saturated rings. The van der Waals surface area contributed by atoms with Crippen LogP contribution in [0.15, 0.2) is 54.6 Å². The average molecular weight is 398 g/mol. The molecule has 0 unspecified atom stereocenters. The zero-order valence-corrected chi connectivity index (χ0v) is 17.0. The van der Waals surface area contributed by atoms with Crippen molar-refractivity contribution in [1.29, 1.82) is 0 Å². The summed E-state index contributed by atoms with van der Waals surface area (Å²) < 4.78 is 13.6. The number of hydrogen-bond acceptors (Lipinski definition) is 3. The van der Waals surface area contributed by atoms with Crippen molar-refractivity contribution in [2.45, 2.75) is 44.8 Å². The van der Waals surface area contributed by atoms with E-state index >= 15 is 0 Å². The van der Waals surface area contributed by atoms with Crippen LogP contribution in [0.25, 0.3) is 0 Å². The fraction of sp³-hybridized carbons (Fsp3) is 0.391.